The molecule has 1 aromatic rings. The first-order valence-corrected chi connectivity index (χ1v) is 5.38. The molecule has 0 unspecified atom stereocenters. The molecule has 0 radical (unpaired) electrons. The van der Waals surface area contributed by atoms with E-state index in [9.17, 15) is 4.39 Å². The highest BCUT2D eigenvalue weighted by atomic mass is 32.2. The van der Waals surface area contributed by atoms with Crippen molar-refractivity contribution in [2.45, 2.75) is 31.2 Å². The van der Waals surface area contributed by atoms with Gasteiger partial charge in [0.05, 0.1) is 10.7 Å². The number of halogens is 1. The molecule has 0 fully saturated rings. The molecule has 0 saturated carbocycles. The molecule has 0 aliphatic carbocycles. The maximum atomic E-state index is 13.3. The quantitative estimate of drug-likeness (QED) is 0.644. The highest BCUT2D eigenvalue weighted by Crippen LogP contribution is 2.25. The average Bonchev–Trinajstić information content (AvgIpc) is 2.03. The lowest BCUT2D eigenvalue weighted by Crippen LogP contribution is -2.16. The summed E-state index contributed by atoms with van der Waals surface area (Å²) in [6.45, 7) is 5.88. The van der Waals surface area contributed by atoms with Crippen LogP contribution in [0.4, 0.5) is 4.39 Å². The Bertz CT molecular complexity index is 304. The van der Waals surface area contributed by atoms with Crippen molar-refractivity contribution >= 4 is 11.8 Å². The van der Waals surface area contributed by atoms with Gasteiger partial charge in [0.1, 0.15) is 5.82 Å². The van der Waals surface area contributed by atoms with Crippen LogP contribution in [0.3, 0.4) is 0 Å². The van der Waals surface area contributed by atoms with Gasteiger partial charge in [0, 0.05) is 5.41 Å². The van der Waals surface area contributed by atoms with E-state index in [1.165, 1.54) is 17.8 Å². The monoisotopic (exact) mass is 199 g/mol. The van der Waals surface area contributed by atoms with Crippen LogP contribution in [-0.4, -0.2) is 11.2 Å². The highest BCUT2D eigenvalue weighted by Gasteiger charge is 2.20. The van der Waals surface area contributed by atoms with Crippen LogP contribution in [0.2, 0.25) is 0 Å². The van der Waals surface area contributed by atoms with Crippen LogP contribution in [0, 0.1) is 5.82 Å². The lowest BCUT2D eigenvalue weighted by molar-refractivity contribution is 0.497. The molecule has 0 saturated heterocycles. The van der Waals surface area contributed by atoms with Crippen LogP contribution in [-0.2, 0) is 5.41 Å². The Morgan fingerprint density at radius 3 is 2.38 bits per heavy atom. The average molecular weight is 199 g/mol. The fourth-order valence-electron chi connectivity index (χ4n) is 1.06. The van der Waals surface area contributed by atoms with Crippen molar-refractivity contribution in [3.63, 3.8) is 0 Å². The molecule has 1 rings (SSSR count). The number of hydrogen-bond donors (Lipinski definition) is 0. The molecule has 0 atom stereocenters. The zero-order valence-electron chi connectivity index (χ0n) is 8.39. The molecule has 0 amide bonds. The first kappa shape index (κ1) is 10.5. The Kier molecular flexibility index (Phi) is 2.96. The number of nitrogens with zero attached hydrogens (tertiary/aromatic N) is 1. The summed E-state index contributed by atoms with van der Waals surface area (Å²) in [5.41, 5.74) is 0.315. The lowest BCUT2D eigenvalue weighted by Gasteiger charge is -2.18. The maximum absolute atomic E-state index is 13.3. The van der Waals surface area contributed by atoms with Crippen LogP contribution in [0.25, 0.3) is 0 Å². The topological polar surface area (TPSA) is 12.9 Å². The van der Waals surface area contributed by atoms with Gasteiger partial charge in [0.2, 0.25) is 0 Å². The minimum absolute atomic E-state index is 0.217. The van der Waals surface area contributed by atoms with Gasteiger partial charge in [-0.3, -0.25) is 0 Å². The Morgan fingerprint density at radius 2 is 1.92 bits per heavy atom. The molecule has 0 spiro atoms. The standard InChI is InChI=1S/C10H14FNS/c1-10(2,3)9-7(11)5-6-8(12-9)13-4/h5-6H,1-4H3. The molecule has 1 nitrogen and oxygen atoms in total. The number of rotatable bonds is 1. The van der Waals surface area contributed by atoms with E-state index in [4.69, 9.17) is 0 Å². The smallest absolute Gasteiger partial charge is 0.145 e. The maximum Gasteiger partial charge on any atom is 0.145 e. The van der Waals surface area contributed by atoms with Gasteiger partial charge >= 0.3 is 0 Å². The van der Waals surface area contributed by atoms with Crippen molar-refractivity contribution < 1.29 is 4.39 Å². The van der Waals surface area contributed by atoms with Crippen molar-refractivity contribution in [2.75, 3.05) is 6.26 Å². The predicted molar refractivity (Wildman–Crippen MR) is 54.7 cm³/mol. The van der Waals surface area contributed by atoms with Gasteiger partial charge in [-0.25, -0.2) is 9.37 Å². The van der Waals surface area contributed by atoms with Gasteiger partial charge in [0.15, 0.2) is 0 Å². The summed E-state index contributed by atoms with van der Waals surface area (Å²) in [5.74, 6) is -0.217. The second-order valence-corrected chi connectivity index (χ2v) is 4.76. The zero-order valence-corrected chi connectivity index (χ0v) is 9.20. The number of aromatic nitrogens is 1. The Hall–Kier alpha value is -0.570. The van der Waals surface area contributed by atoms with Gasteiger partial charge in [0.25, 0.3) is 0 Å². The Balaban J connectivity index is 3.19. The summed E-state index contributed by atoms with van der Waals surface area (Å²) in [4.78, 5) is 4.25. The van der Waals surface area contributed by atoms with Gasteiger partial charge in [-0.05, 0) is 18.4 Å². The predicted octanol–water partition coefficient (Wildman–Crippen LogP) is 3.24. The van der Waals surface area contributed by atoms with Crippen molar-refractivity contribution in [1.29, 1.82) is 0 Å². The normalized spacial score (nSPS) is 11.8. The molecule has 0 N–H and O–H groups in total. The minimum Gasteiger partial charge on any atom is -0.243 e. The second kappa shape index (κ2) is 3.66. The largest absolute Gasteiger partial charge is 0.243 e. The Morgan fingerprint density at radius 1 is 1.31 bits per heavy atom. The second-order valence-electron chi connectivity index (χ2n) is 3.93. The van der Waals surface area contributed by atoms with E-state index in [1.54, 1.807) is 6.07 Å². The summed E-state index contributed by atoms with van der Waals surface area (Å²) >= 11 is 1.53. The van der Waals surface area contributed by atoms with E-state index < -0.39 is 0 Å². The molecule has 0 aromatic carbocycles. The van der Waals surface area contributed by atoms with E-state index in [1.807, 2.05) is 27.0 Å². The lowest BCUT2D eigenvalue weighted by atomic mass is 9.91. The zero-order chi connectivity index (χ0) is 10.1. The van der Waals surface area contributed by atoms with Crippen LogP contribution >= 0.6 is 11.8 Å². The fourth-order valence-corrected chi connectivity index (χ4v) is 1.45. The summed E-state index contributed by atoms with van der Waals surface area (Å²) in [5, 5.41) is 0.867. The van der Waals surface area contributed by atoms with Crippen molar-refractivity contribution in [3.8, 4) is 0 Å². The highest BCUT2D eigenvalue weighted by molar-refractivity contribution is 7.98. The van der Waals surface area contributed by atoms with Crippen LogP contribution in [0.5, 0.6) is 0 Å². The van der Waals surface area contributed by atoms with Gasteiger partial charge in [-0.15, -0.1) is 11.8 Å². The van der Waals surface area contributed by atoms with Crippen LogP contribution in [0.1, 0.15) is 26.5 Å². The number of hydrogen-bond acceptors (Lipinski definition) is 2. The Labute approximate surface area is 82.8 Å². The third-order valence-electron chi connectivity index (χ3n) is 1.74. The summed E-state index contributed by atoms with van der Waals surface area (Å²) < 4.78 is 13.3. The minimum atomic E-state index is -0.226. The van der Waals surface area contributed by atoms with Crippen LogP contribution < -0.4 is 0 Å². The van der Waals surface area contributed by atoms with Gasteiger partial charge in [-0.1, -0.05) is 20.8 Å². The molecule has 1 aromatic heterocycles. The number of thioether (sulfide) groups is 1. The first-order chi connectivity index (χ1) is 5.95. The molecular weight excluding hydrogens is 185 g/mol. The molecule has 1 heterocycles. The number of pyridine rings is 1. The third-order valence-corrected chi connectivity index (χ3v) is 2.39. The van der Waals surface area contributed by atoms with E-state index in [0.29, 0.717) is 5.69 Å². The van der Waals surface area contributed by atoms with Crippen molar-refractivity contribution in [3.05, 3.63) is 23.6 Å². The molecule has 3 heteroatoms. The third kappa shape index (κ3) is 2.44. The van der Waals surface area contributed by atoms with E-state index >= 15 is 0 Å². The molecule has 13 heavy (non-hydrogen) atoms. The van der Waals surface area contributed by atoms with Crippen molar-refractivity contribution in [1.82, 2.24) is 4.98 Å². The van der Waals surface area contributed by atoms with E-state index in [0.717, 1.165) is 5.03 Å². The molecule has 0 aliphatic heterocycles. The molecule has 72 valence electrons. The van der Waals surface area contributed by atoms with Crippen LogP contribution in [0.15, 0.2) is 17.2 Å². The molecule has 0 bridgehead atoms. The SMILES string of the molecule is CSc1ccc(F)c(C(C)(C)C)n1. The summed E-state index contributed by atoms with van der Waals surface area (Å²) in [6.07, 6.45) is 1.94. The van der Waals surface area contributed by atoms with Crippen molar-refractivity contribution in [2.24, 2.45) is 0 Å². The van der Waals surface area contributed by atoms with E-state index in [2.05, 4.69) is 4.98 Å². The fraction of sp³-hybridized carbons (Fsp3) is 0.500. The summed E-state index contributed by atoms with van der Waals surface area (Å²) in [6, 6.07) is 3.19. The first-order valence-electron chi connectivity index (χ1n) is 4.16. The van der Waals surface area contributed by atoms with E-state index in [-0.39, 0.29) is 11.2 Å². The molecule has 0 aliphatic rings. The summed E-state index contributed by atoms with van der Waals surface area (Å²) in [7, 11) is 0. The van der Waals surface area contributed by atoms with Gasteiger partial charge in [-0.2, -0.15) is 0 Å². The van der Waals surface area contributed by atoms with Gasteiger partial charge < -0.3 is 0 Å². The molecular formula is C10H14FNS.